The molecule has 33 heavy (non-hydrogen) atoms. The highest BCUT2D eigenvalue weighted by Crippen LogP contribution is 2.33. The molecule has 0 bridgehead atoms. The number of fused-ring (bicyclic) bond motifs is 1. The molecule has 3 rings (SSSR count). The molecule has 0 unspecified atom stereocenters. The molecular formula is C23H23NO8S. The molecule has 1 N–H and O–H groups in total. The molecule has 0 radical (unpaired) electrons. The van der Waals surface area contributed by atoms with Crippen molar-refractivity contribution in [1.82, 2.24) is 0 Å². The molecule has 0 aliphatic heterocycles. The SMILES string of the molecule is CCCC(=O)N(c1ccc2oc(C)c(C(=O)OCC)c2c1)S(=O)(=O)c1ccc(C(=O)O)cc1. The van der Waals surface area contributed by atoms with Gasteiger partial charge >= 0.3 is 11.9 Å². The van der Waals surface area contributed by atoms with Gasteiger partial charge in [0.05, 0.1) is 22.8 Å². The highest BCUT2D eigenvalue weighted by Gasteiger charge is 2.32. The number of anilines is 1. The summed E-state index contributed by atoms with van der Waals surface area (Å²) in [7, 11) is -4.38. The minimum Gasteiger partial charge on any atom is -0.478 e. The lowest BCUT2D eigenvalue weighted by Gasteiger charge is -2.23. The van der Waals surface area contributed by atoms with Crippen molar-refractivity contribution < 1.29 is 37.1 Å². The first-order chi connectivity index (χ1) is 15.6. The van der Waals surface area contributed by atoms with Gasteiger partial charge in [0.15, 0.2) is 0 Å². The number of sulfonamides is 1. The molecule has 1 heterocycles. The summed E-state index contributed by atoms with van der Waals surface area (Å²) in [6.45, 7) is 5.14. The second-order valence-electron chi connectivity index (χ2n) is 7.18. The Morgan fingerprint density at radius 2 is 1.73 bits per heavy atom. The summed E-state index contributed by atoms with van der Waals surface area (Å²) in [5.41, 5.74) is 0.426. The maximum atomic E-state index is 13.4. The Hall–Kier alpha value is -3.66. The second kappa shape index (κ2) is 9.45. The molecule has 1 aromatic heterocycles. The summed E-state index contributed by atoms with van der Waals surface area (Å²) < 4.78 is 38.2. The van der Waals surface area contributed by atoms with Crippen LogP contribution in [0.15, 0.2) is 51.8 Å². The monoisotopic (exact) mass is 473 g/mol. The van der Waals surface area contributed by atoms with Gasteiger partial charge in [0.2, 0.25) is 5.91 Å². The Morgan fingerprint density at radius 1 is 1.06 bits per heavy atom. The number of ether oxygens (including phenoxy) is 1. The molecule has 10 heteroatoms. The van der Waals surface area contributed by atoms with Gasteiger partial charge in [-0.1, -0.05) is 6.92 Å². The summed E-state index contributed by atoms with van der Waals surface area (Å²) >= 11 is 0. The van der Waals surface area contributed by atoms with Crippen molar-refractivity contribution in [2.45, 2.75) is 38.5 Å². The smallest absolute Gasteiger partial charge is 0.342 e. The number of hydrogen-bond donors (Lipinski definition) is 1. The second-order valence-corrected chi connectivity index (χ2v) is 8.96. The summed E-state index contributed by atoms with van der Waals surface area (Å²) in [6, 6.07) is 8.87. The van der Waals surface area contributed by atoms with Crippen LogP contribution < -0.4 is 4.31 Å². The van der Waals surface area contributed by atoms with Crippen molar-refractivity contribution in [3.63, 3.8) is 0 Å². The molecule has 0 aliphatic carbocycles. The van der Waals surface area contributed by atoms with Crippen LogP contribution in [0, 0.1) is 6.92 Å². The van der Waals surface area contributed by atoms with Gasteiger partial charge in [-0.25, -0.2) is 22.3 Å². The molecule has 0 saturated heterocycles. The maximum Gasteiger partial charge on any atom is 0.342 e. The van der Waals surface area contributed by atoms with E-state index in [9.17, 15) is 22.8 Å². The number of furan rings is 1. The summed E-state index contributed by atoms with van der Waals surface area (Å²) in [5.74, 6) is -2.19. The molecule has 0 atom stereocenters. The first-order valence-corrected chi connectivity index (χ1v) is 11.7. The molecular weight excluding hydrogens is 450 g/mol. The summed E-state index contributed by atoms with van der Waals surface area (Å²) in [5, 5.41) is 9.39. The Kier molecular flexibility index (Phi) is 6.87. The zero-order valence-electron chi connectivity index (χ0n) is 18.3. The van der Waals surface area contributed by atoms with Gasteiger partial charge in [0.1, 0.15) is 16.9 Å². The lowest BCUT2D eigenvalue weighted by atomic mass is 10.1. The van der Waals surface area contributed by atoms with Gasteiger partial charge in [-0.05, 0) is 62.7 Å². The van der Waals surface area contributed by atoms with E-state index in [4.69, 9.17) is 14.3 Å². The van der Waals surface area contributed by atoms with Crippen LogP contribution in [0.3, 0.4) is 0 Å². The first-order valence-electron chi connectivity index (χ1n) is 10.2. The Balaban J connectivity index is 2.18. The Morgan fingerprint density at radius 3 is 2.30 bits per heavy atom. The maximum absolute atomic E-state index is 13.4. The van der Waals surface area contributed by atoms with Crippen LogP contribution in [0.4, 0.5) is 5.69 Å². The molecule has 0 aliphatic rings. The van der Waals surface area contributed by atoms with Crippen molar-refractivity contribution in [2.24, 2.45) is 0 Å². The number of carboxylic acid groups (broad SMARTS) is 1. The molecule has 174 valence electrons. The number of nitrogens with zero attached hydrogens (tertiary/aromatic N) is 1. The van der Waals surface area contributed by atoms with Crippen LogP contribution >= 0.6 is 0 Å². The van der Waals surface area contributed by atoms with Crippen LogP contribution in [-0.2, 0) is 19.6 Å². The van der Waals surface area contributed by atoms with E-state index in [2.05, 4.69) is 0 Å². The van der Waals surface area contributed by atoms with Crippen LogP contribution in [-0.4, -0.2) is 38.0 Å². The van der Waals surface area contributed by atoms with Crippen molar-refractivity contribution in [1.29, 1.82) is 0 Å². The fourth-order valence-corrected chi connectivity index (χ4v) is 4.84. The van der Waals surface area contributed by atoms with Crippen molar-refractivity contribution in [2.75, 3.05) is 10.9 Å². The summed E-state index contributed by atoms with van der Waals surface area (Å²) in [4.78, 5) is 36.2. The van der Waals surface area contributed by atoms with Crippen molar-refractivity contribution in [3.8, 4) is 0 Å². The Labute approximate surface area is 190 Å². The standard InChI is InChI=1S/C23H23NO8S/c1-4-6-20(25)24(33(29,30)17-10-7-15(8-11-17)22(26)27)16-9-12-19-18(13-16)21(14(3)32-19)23(28)31-5-2/h7-13H,4-6H2,1-3H3,(H,26,27). The van der Waals surface area contributed by atoms with Gasteiger partial charge in [-0.3, -0.25) is 4.79 Å². The van der Waals surface area contributed by atoms with E-state index >= 15 is 0 Å². The predicted octanol–water partition coefficient (Wildman–Crippen LogP) is 4.14. The van der Waals surface area contributed by atoms with Crippen LogP contribution in [0.25, 0.3) is 11.0 Å². The first kappa shape index (κ1) is 24.0. The minimum absolute atomic E-state index is 0.0228. The number of hydrogen-bond acceptors (Lipinski definition) is 7. The van der Waals surface area contributed by atoms with E-state index in [0.717, 1.165) is 24.3 Å². The number of aryl methyl sites for hydroxylation is 1. The Bertz CT molecular complexity index is 1320. The van der Waals surface area contributed by atoms with Gasteiger partial charge in [-0.15, -0.1) is 0 Å². The predicted molar refractivity (Wildman–Crippen MR) is 120 cm³/mol. The highest BCUT2D eigenvalue weighted by molar-refractivity contribution is 7.93. The molecule has 0 saturated carbocycles. The molecule has 0 spiro atoms. The number of aromatic carboxylic acids is 1. The third-order valence-corrected chi connectivity index (χ3v) is 6.65. The number of rotatable bonds is 8. The molecule has 9 nitrogen and oxygen atoms in total. The fourth-order valence-electron chi connectivity index (χ4n) is 3.40. The van der Waals surface area contributed by atoms with Gasteiger partial charge < -0.3 is 14.3 Å². The number of carbonyl (C=O) groups excluding carboxylic acids is 2. The lowest BCUT2D eigenvalue weighted by Crippen LogP contribution is -2.36. The van der Waals surface area contributed by atoms with Crippen molar-refractivity contribution >= 4 is 44.5 Å². The molecule has 3 aromatic rings. The normalized spacial score (nSPS) is 11.4. The van der Waals surface area contributed by atoms with Crippen molar-refractivity contribution in [3.05, 3.63) is 59.4 Å². The molecule has 2 aromatic carbocycles. The van der Waals surface area contributed by atoms with E-state index in [1.54, 1.807) is 20.8 Å². The summed E-state index contributed by atoms with van der Waals surface area (Å²) in [6.07, 6.45) is 0.365. The van der Waals surface area contributed by atoms with Crippen LogP contribution in [0.2, 0.25) is 0 Å². The third-order valence-electron chi connectivity index (χ3n) is 4.89. The zero-order valence-corrected chi connectivity index (χ0v) is 19.1. The van der Waals surface area contributed by atoms with E-state index < -0.39 is 27.9 Å². The zero-order chi connectivity index (χ0) is 24.3. The van der Waals surface area contributed by atoms with Gasteiger partial charge in [0, 0.05) is 11.8 Å². The largest absolute Gasteiger partial charge is 0.478 e. The minimum atomic E-state index is -4.38. The topological polar surface area (TPSA) is 131 Å². The van der Waals surface area contributed by atoms with Gasteiger partial charge in [0.25, 0.3) is 10.0 Å². The van der Waals surface area contributed by atoms with E-state index in [1.165, 1.54) is 18.2 Å². The van der Waals surface area contributed by atoms with Crippen LogP contribution in [0.5, 0.6) is 0 Å². The number of esters is 1. The number of benzene rings is 2. The highest BCUT2D eigenvalue weighted by atomic mass is 32.2. The number of carbonyl (C=O) groups is 3. The van der Waals surface area contributed by atoms with Crippen LogP contribution in [0.1, 0.15) is 53.2 Å². The average Bonchev–Trinajstić information content (AvgIpc) is 3.09. The third kappa shape index (κ3) is 4.61. The van der Waals surface area contributed by atoms with E-state index in [-0.39, 0.29) is 34.7 Å². The lowest BCUT2D eigenvalue weighted by molar-refractivity contribution is -0.117. The average molecular weight is 474 g/mol. The van der Waals surface area contributed by atoms with Gasteiger partial charge in [-0.2, -0.15) is 0 Å². The fraction of sp³-hybridized carbons (Fsp3) is 0.261. The number of amides is 1. The van der Waals surface area contributed by atoms with E-state index in [1.807, 2.05) is 0 Å². The van der Waals surface area contributed by atoms with E-state index in [0.29, 0.717) is 27.5 Å². The quantitative estimate of drug-likeness (QED) is 0.483. The molecule has 1 amide bonds. The molecule has 0 fully saturated rings. The number of carboxylic acids is 1.